The van der Waals surface area contributed by atoms with Crippen molar-refractivity contribution >= 4 is 11.6 Å². The van der Waals surface area contributed by atoms with E-state index >= 15 is 0 Å². The van der Waals surface area contributed by atoms with Crippen LogP contribution in [0.2, 0.25) is 0 Å². The van der Waals surface area contributed by atoms with Gasteiger partial charge in [0.05, 0.1) is 12.8 Å². The zero-order chi connectivity index (χ0) is 15.4. The van der Waals surface area contributed by atoms with E-state index in [-0.39, 0.29) is 5.75 Å². The number of hydrogen-bond acceptors (Lipinski definition) is 5. The van der Waals surface area contributed by atoms with E-state index in [1.807, 2.05) is 36.4 Å². The fourth-order valence-electron chi connectivity index (χ4n) is 2.05. The van der Waals surface area contributed by atoms with Crippen molar-refractivity contribution in [3.63, 3.8) is 0 Å². The smallest absolute Gasteiger partial charge is 0.227 e. The van der Waals surface area contributed by atoms with E-state index in [0.29, 0.717) is 5.95 Å². The van der Waals surface area contributed by atoms with E-state index in [2.05, 4.69) is 15.3 Å². The van der Waals surface area contributed by atoms with Crippen LogP contribution in [0.1, 0.15) is 0 Å². The predicted octanol–water partition coefficient (Wildman–Crippen LogP) is 3.60. The average Bonchev–Trinajstić information content (AvgIpc) is 2.55. The van der Waals surface area contributed by atoms with Gasteiger partial charge in [-0.15, -0.1) is 0 Å². The summed E-state index contributed by atoms with van der Waals surface area (Å²) >= 11 is 0. The molecule has 3 rings (SSSR count). The van der Waals surface area contributed by atoms with Gasteiger partial charge in [0.15, 0.2) is 0 Å². The van der Waals surface area contributed by atoms with Crippen LogP contribution in [0.15, 0.2) is 60.8 Å². The van der Waals surface area contributed by atoms with Gasteiger partial charge in [-0.2, -0.15) is 0 Å². The second-order valence-electron chi connectivity index (χ2n) is 4.67. The van der Waals surface area contributed by atoms with Crippen molar-refractivity contribution in [2.24, 2.45) is 0 Å². The summed E-state index contributed by atoms with van der Waals surface area (Å²) in [5.41, 5.74) is 2.51. The van der Waals surface area contributed by atoms with Gasteiger partial charge in [0.25, 0.3) is 0 Å². The molecule has 2 aromatic carbocycles. The predicted molar refractivity (Wildman–Crippen MR) is 85.4 cm³/mol. The van der Waals surface area contributed by atoms with E-state index in [0.717, 1.165) is 22.7 Å². The van der Waals surface area contributed by atoms with Crippen molar-refractivity contribution in [2.75, 3.05) is 12.4 Å². The van der Waals surface area contributed by atoms with E-state index in [4.69, 9.17) is 4.74 Å². The molecule has 0 saturated carbocycles. The number of ether oxygens (including phenoxy) is 1. The third-order valence-corrected chi connectivity index (χ3v) is 3.14. The SMILES string of the molecule is COc1ccc(-c2ccnc(Nc3cccc(O)c3)n2)cc1. The van der Waals surface area contributed by atoms with Gasteiger partial charge in [0.2, 0.25) is 5.95 Å². The van der Waals surface area contributed by atoms with Crippen LogP contribution >= 0.6 is 0 Å². The van der Waals surface area contributed by atoms with Crippen molar-refractivity contribution in [2.45, 2.75) is 0 Å². The second kappa shape index (κ2) is 6.13. The van der Waals surface area contributed by atoms with Crippen LogP contribution in [0.25, 0.3) is 11.3 Å². The van der Waals surface area contributed by atoms with Gasteiger partial charge in [-0.1, -0.05) is 6.07 Å². The molecule has 0 saturated heterocycles. The molecule has 0 unspecified atom stereocenters. The summed E-state index contributed by atoms with van der Waals surface area (Å²) < 4.78 is 5.15. The number of hydrogen-bond donors (Lipinski definition) is 2. The summed E-state index contributed by atoms with van der Waals surface area (Å²) in [5.74, 6) is 1.46. The first-order valence-electron chi connectivity index (χ1n) is 6.78. The number of methoxy groups -OCH3 is 1. The molecule has 5 nitrogen and oxygen atoms in total. The van der Waals surface area contributed by atoms with Crippen LogP contribution < -0.4 is 10.1 Å². The lowest BCUT2D eigenvalue weighted by molar-refractivity contribution is 0.415. The Hall–Kier alpha value is -3.08. The molecule has 0 atom stereocenters. The van der Waals surface area contributed by atoms with E-state index in [1.165, 1.54) is 0 Å². The molecule has 3 aromatic rings. The average molecular weight is 293 g/mol. The van der Waals surface area contributed by atoms with Crippen molar-refractivity contribution in [3.05, 3.63) is 60.8 Å². The zero-order valence-corrected chi connectivity index (χ0v) is 12.0. The maximum absolute atomic E-state index is 9.48. The molecule has 0 bridgehead atoms. The maximum Gasteiger partial charge on any atom is 0.227 e. The standard InChI is InChI=1S/C17H15N3O2/c1-22-15-7-5-12(6-8-15)16-9-10-18-17(20-16)19-13-3-2-4-14(21)11-13/h2-11,21H,1H3,(H,18,19,20). The highest BCUT2D eigenvalue weighted by atomic mass is 16.5. The Balaban J connectivity index is 1.85. The minimum Gasteiger partial charge on any atom is -0.508 e. The first-order chi connectivity index (χ1) is 10.7. The van der Waals surface area contributed by atoms with Gasteiger partial charge in [0, 0.05) is 23.5 Å². The Morgan fingerprint density at radius 2 is 1.86 bits per heavy atom. The number of phenolic OH excluding ortho intramolecular Hbond substituents is 1. The summed E-state index contributed by atoms with van der Waals surface area (Å²) in [5, 5.41) is 12.6. The molecule has 0 fully saturated rings. The summed E-state index contributed by atoms with van der Waals surface area (Å²) in [6, 6.07) is 16.3. The molecule has 0 aliphatic rings. The first kappa shape index (κ1) is 13.9. The van der Waals surface area contributed by atoms with Gasteiger partial charge in [0.1, 0.15) is 11.5 Å². The maximum atomic E-state index is 9.48. The van der Waals surface area contributed by atoms with E-state index in [1.54, 1.807) is 31.5 Å². The number of phenols is 1. The normalized spacial score (nSPS) is 10.2. The van der Waals surface area contributed by atoms with Crippen molar-refractivity contribution in [1.29, 1.82) is 0 Å². The largest absolute Gasteiger partial charge is 0.508 e. The molecule has 0 aliphatic heterocycles. The Bertz CT molecular complexity index is 773. The van der Waals surface area contributed by atoms with Crippen LogP contribution in [0.5, 0.6) is 11.5 Å². The summed E-state index contributed by atoms with van der Waals surface area (Å²) in [7, 11) is 1.64. The monoisotopic (exact) mass is 293 g/mol. The van der Waals surface area contributed by atoms with Crippen LogP contribution in [0.4, 0.5) is 11.6 Å². The molecule has 1 heterocycles. The molecular formula is C17H15N3O2. The molecule has 22 heavy (non-hydrogen) atoms. The van der Waals surface area contributed by atoms with Crippen molar-refractivity contribution < 1.29 is 9.84 Å². The second-order valence-corrected chi connectivity index (χ2v) is 4.67. The molecule has 2 N–H and O–H groups in total. The Labute approximate surface area is 128 Å². The van der Waals surface area contributed by atoms with Crippen LogP contribution in [-0.2, 0) is 0 Å². The van der Waals surface area contributed by atoms with E-state index < -0.39 is 0 Å². The van der Waals surface area contributed by atoms with Gasteiger partial charge >= 0.3 is 0 Å². The lowest BCUT2D eigenvalue weighted by Crippen LogP contribution is -1.97. The number of aromatic nitrogens is 2. The summed E-state index contributed by atoms with van der Waals surface area (Å²) in [4.78, 5) is 8.67. The third-order valence-electron chi connectivity index (χ3n) is 3.14. The molecular weight excluding hydrogens is 278 g/mol. The van der Waals surface area contributed by atoms with Gasteiger partial charge in [-0.3, -0.25) is 0 Å². The van der Waals surface area contributed by atoms with Gasteiger partial charge < -0.3 is 15.2 Å². The highest BCUT2D eigenvalue weighted by molar-refractivity contribution is 5.63. The number of nitrogens with zero attached hydrogens (tertiary/aromatic N) is 2. The quantitative estimate of drug-likeness (QED) is 0.769. The number of rotatable bonds is 4. The molecule has 0 amide bonds. The number of benzene rings is 2. The van der Waals surface area contributed by atoms with Gasteiger partial charge in [-0.25, -0.2) is 9.97 Å². The molecule has 0 spiro atoms. The number of aromatic hydroxyl groups is 1. The molecule has 5 heteroatoms. The molecule has 110 valence electrons. The van der Waals surface area contributed by atoms with Crippen LogP contribution in [-0.4, -0.2) is 22.2 Å². The Morgan fingerprint density at radius 1 is 1.05 bits per heavy atom. The van der Waals surface area contributed by atoms with Gasteiger partial charge in [-0.05, 0) is 42.5 Å². The minimum absolute atomic E-state index is 0.191. The molecule has 1 aromatic heterocycles. The highest BCUT2D eigenvalue weighted by Gasteiger charge is 2.03. The summed E-state index contributed by atoms with van der Waals surface area (Å²) in [6.07, 6.45) is 1.69. The van der Waals surface area contributed by atoms with Crippen molar-refractivity contribution in [3.8, 4) is 22.8 Å². The zero-order valence-electron chi connectivity index (χ0n) is 12.0. The van der Waals surface area contributed by atoms with Crippen LogP contribution in [0, 0.1) is 0 Å². The van der Waals surface area contributed by atoms with Crippen LogP contribution in [0.3, 0.4) is 0 Å². The molecule has 0 radical (unpaired) electrons. The first-order valence-corrected chi connectivity index (χ1v) is 6.78. The Morgan fingerprint density at radius 3 is 2.59 bits per heavy atom. The van der Waals surface area contributed by atoms with E-state index in [9.17, 15) is 5.11 Å². The lowest BCUT2D eigenvalue weighted by atomic mass is 10.1. The molecule has 0 aliphatic carbocycles. The minimum atomic E-state index is 0.191. The van der Waals surface area contributed by atoms with Crippen molar-refractivity contribution in [1.82, 2.24) is 9.97 Å². The summed E-state index contributed by atoms with van der Waals surface area (Å²) in [6.45, 7) is 0. The lowest BCUT2D eigenvalue weighted by Gasteiger charge is -2.07. The number of nitrogens with one attached hydrogen (secondary N) is 1. The fourth-order valence-corrected chi connectivity index (χ4v) is 2.05. The Kier molecular flexibility index (Phi) is 3.87. The fraction of sp³-hybridized carbons (Fsp3) is 0.0588. The third kappa shape index (κ3) is 3.15. The number of anilines is 2. The topological polar surface area (TPSA) is 67.3 Å². The highest BCUT2D eigenvalue weighted by Crippen LogP contribution is 2.23.